The molecule has 0 atom stereocenters. The first-order chi connectivity index (χ1) is 6.58. The third-order valence-corrected chi connectivity index (χ3v) is 1.64. The summed E-state index contributed by atoms with van der Waals surface area (Å²) in [5, 5.41) is 2.33. The van der Waals surface area contributed by atoms with Crippen molar-refractivity contribution < 1.29 is 13.6 Å². The fourth-order valence-corrected chi connectivity index (χ4v) is 1.09. The highest BCUT2D eigenvalue weighted by molar-refractivity contribution is 5.71. The van der Waals surface area contributed by atoms with Gasteiger partial charge in [0.15, 0.2) is 0 Å². The molecule has 5 heteroatoms. The van der Waals surface area contributed by atoms with Gasteiger partial charge in [-0.3, -0.25) is 0 Å². The third-order valence-electron chi connectivity index (χ3n) is 1.64. The number of carbonyl (C=O) groups excluding carboxylic acids is 1. The van der Waals surface area contributed by atoms with E-state index in [1.807, 2.05) is 0 Å². The van der Waals surface area contributed by atoms with Crippen LogP contribution in [0.2, 0.25) is 0 Å². The van der Waals surface area contributed by atoms with Crippen molar-refractivity contribution in [3.05, 3.63) is 35.4 Å². The minimum Gasteiger partial charge on any atom is -0.352 e. The maximum atomic E-state index is 12.7. The maximum Gasteiger partial charge on any atom is 0.312 e. The molecule has 3 nitrogen and oxygen atoms in total. The van der Waals surface area contributed by atoms with Crippen molar-refractivity contribution in [2.45, 2.75) is 6.42 Å². The SMILES string of the molecule is NC(=O)NCCc1cc(F)cc(F)c1. The Hall–Kier alpha value is -1.65. The van der Waals surface area contributed by atoms with E-state index in [9.17, 15) is 13.6 Å². The monoisotopic (exact) mass is 200 g/mol. The Morgan fingerprint density at radius 3 is 2.36 bits per heavy atom. The average Bonchev–Trinajstić information content (AvgIpc) is 2.01. The van der Waals surface area contributed by atoms with E-state index in [0.29, 0.717) is 12.0 Å². The highest BCUT2D eigenvalue weighted by atomic mass is 19.1. The molecule has 0 saturated heterocycles. The molecule has 0 aliphatic heterocycles. The molecule has 1 rings (SSSR count). The van der Waals surface area contributed by atoms with Crippen molar-refractivity contribution in [2.24, 2.45) is 5.73 Å². The van der Waals surface area contributed by atoms with Crippen LogP contribution in [-0.2, 0) is 6.42 Å². The molecule has 1 aromatic rings. The molecule has 0 aromatic heterocycles. The lowest BCUT2D eigenvalue weighted by Crippen LogP contribution is -2.30. The molecule has 1 aromatic carbocycles. The first-order valence-corrected chi connectivity index (χ1v) is 4.06. The Labute approximate surface area is 79.9 Å². The summed E-state index contributed by atoms with van der Waals surface area (Å²) < 4.78 is 25.3. The Bertz CT molecular complexity index is 321. The second-order valence-corrected chi connectivity index (χ2v) is 2.82. The van der Waals surface area contributed by atoms with E-state index in [-0.39, 0.29) is 6.54 Å². The predicted molar refractivity (Wildman–Crippen MR) is 47.6 cm³/mol. The Balaban J connectivity index is 2.54. The van der Waals surface area contributed by atoms with Gasteiger partial charge >= 0.3 is 6.03 Å². The zero-order valence-corrected chi connectivity index (χ0v) is 7.39. The van der Waals surface area contributed by atoms with E-state index in [1.54, 1.807) is 0 Å². The molecular formula is C9H10F2N2O. The lowest BCUT2D eigenvalue weighted by atomic mass is 10.1. The Morgan fingerprint density at radius 1 is 1.29 bits per heavy atom. The van der Waals surface area contributed by atoms with Crippen LogP contribution in [0.5, 0.6) is 0 Å². The number of urea groups is 1. The van der Waals surface area contributed by atoms with Gasteiger partial charge in [-0.1, -0.05) is 0 Å². The van der Waals surface area contributed by atoms with Crippen LogP contribution in [0.3, 0.4) is 0 Å². The summed E-state index contributed by atoms with van der Waals surface area (Å²) in [6, 6.07) is 2.57. The molecule has 0 radical (unpaired) electrons. The summed E-state index contributed by atoms with van der Waals surface area (Å²) in [6.07, 6.45) is 0.345. The van der Waals surface area contributed by atoms with Crippen LogP contribution in [0.4, 0.5) is 13.6 Å². The van der Waals surface area contributed by atoms with Crippen LogP contribution in [0.15, 0.2) is 18.2 Å². The molecular weight excluding hydrogens is 190 g/mol. The molecule has 14 heavy (non-hydrogen) atoms. The number of hydrogen-bond donors (Lipinski definition) is 2. The van der Waals surface area contributed by atoms with Gasteiger partial charge in [0.25, 0.3) is 0 Å². The van der Waals surface area contributed by atoms with Crippen LogP contribution in [0.1, 0.15) is 5.56 Å². The van der Waals surface area contributed by atoms with Crippen LogP contribution in [-0.4, -0.2) is 12.6 Å². The van der Waals surface area contributed by atoms with Crippen LogP contribution >= 0.6 is 0 Å². The minimum absolute atomic E-state index is 0.262. The van der Waals surface area contributed by atoms with Gasteiger partial charge in [0.2, 0.25) is 0 Å². The summed E-state index contributed by atoms with van der Waals surface area (Å²) in [5.41, 5.74) is 5.30. The van der Waals surface area contributed by atoms with Crippen LogP contribution in [0, 0.1) is 11.6 Å². The second-order valence-electron chi connectivity index (χ2n) is 2.82. The van der Waals surface area contributed by atoms with Crippen molar-refractivity contribution in [3.8, 4) is 0 Å². The number of rotatable bonds is 3. The topological polar surface area (TPSA) is 55.1 Å². The first kappa shape index (κ1) is 10.4. The van der Waals surface area contributed by atoms with Crippen molar-refractivity contribution in [2.75, 3.05) is 6.54 Å². The van der Waals surface area contributed by atoms with Gasteiger partial charge in [-0.25, -0.2) is 13.6 Å². The van der Waals surface area contributed by atoms with Gasteiger partial charge in [0.1, 0.15) is 11.6 Å². The summed E-state index contributed by atoms with van der Waals surface area (Å²) >= 11 is 0. The lowest BCUT2D eigenvalue weighted by molar-refractivity contribution is 0.249. The lowest BCUT2D eigenvalue weighted by Gasteiger charge is -2.02. The van der Waals surface area contributed by atoms with Crippen molar-refractivity contribution >= 4 is 6.03 Å². The van der Waals surface area contributed by atoms with Gasteiger partial charge < -0.3 is 11.1 Å². The smallest absolute Gasteiger partial charge is 0.312 e. The number of benzene rings is 1. The third kappa shape index (κ3) is 3.38. The van der Waals surface area contributed by atoms with E-state index in [2.05, 4.69) is 5.32 Å². The number of hydrogen-bond acceptors (Lipinski definition) is 1. The molecule has 0 unspecified atom stereocenters. The van der Waals surface area contributed by atoms with Crippen LogP contribution < -0.4 is 11.1 Å². The van der Waals surface area contributed by atoms with Gasteiger partial charge in [-0.05, 0) is 24.1 Å². The number of primary amides is 1. The number of amides is 2. The average molecular weight is 200 g/mol. The molecule has 0 saturated carbocycles. The van der Waals surface area contributed by atoms with E-state index in [1.165, 1.54) is 12.1 Å². The molecule has 3 N–H and O–H groups in total. The fraction of sp³-hybridized carbons (Fsp3) is 0.222. The van der Waals surface area contributed by atoms with E-state index >= 15 is 0 Å². The quantitative estimate of drug-likeness (QED) is 0.756. The van der Waals surface area contributed by atoms with E-state index in [4.69, 9.17) is 5.73 Å². The molecule has 76 valence electrons. The largest absolute Gasteiger partial charge is 0.352 e. The van der Waals surface area contributed by atoms with Crippen molar-refractivity contribution in [1.82, 2.24) is 5.32 Å². The molecule has 0 spiro atoms. The Morgan fingerprint density at radius 2 is 1.86 bits per heavy atom. The number of carbonyl (C=O) groups is 1. The summed E-state index contributed by atoms with van der Waals surface area (Å²) in [5.74, 6) is -1.25. The molecule has 0 fully saturated rings. The van der Waals surface area contributed by atoms with Gasteiger partial charge in [-0.15, -0.1) is 0 Å². The molecule has 2 amide bonds. The van der Waals surface area contributed by atoms with Crippen molar-refractivity contribution in [3.63, 3.8) is 0 Å². The van der Waals surface area contributed by atoms with E-state index < -0.39 is 17.7 Å². The summed E-state index contributed by atoms with van der Waals surface area (Å²) in [4.78, 5) is 10.3. The summed E-state index contributed by atoms with van der Waals surface area (Å²) in [6.45, 7) is 0.262. The summed E-state index contributed by atoms with van der Waals surface area (Å²) in [7, 11) is 0. The number of halogens is 2. The zero-order valence-electron chi connectivity index (χ0n) is 7.39. The normalized spacial score (nSPS) is 9.86. The van der Waals surface area contributed by atoms with Gasteiger partial charge in [-0.2, -0.15) is 0 Å². The second kappa shape index (κ2) is 4.55. The maximum absolute atomic E-state index is 12.7. The fourth-order valence-electron chi connectivity index (χ4n) is 1.09. The van der Waals surface area contributed by atoms with Gasteiger partial charge in [0, 0.05) is 12.6 Å². The first-order valence-electron chi connectivity index (χ1n) is 4.06. The zero-order chi connectivity index (χ0) is 10.6. The predicted octanol–water partition coefficient (Wildman–Crippen LogP) is 1.18. The molecule has 0 bridgehead atoms. The highest BCUT2D eigenvalue weighted by Gasteiger charge is 2.00. The van der Waals surface area contributed by atoms with Crippen LogP contribution in [0.25, 0.3) is 0 Å². The number of nitrogens with one attached hydrogen (secondary N) is 1. The van der Waals surface area contributed by atoms with E-state index in [0.717, 1.165) is 6.07 Å². The van der Waals surface area contributed by atoms with Gasteiger partial charge in [0.05, 0.1) is 0 Å². The Kier molecular flexibility index (Phi) is 3.39. The van der Waals surface area contributed by atoms with Crippen molar-refractivity contribution in [1.29, 1.82) is 0 Å². The minimum atomic E-state index is -0.651. The molecule has 0 aliphatic carbocycles. The standard InChI is InChI=1S/C9H10F2N2O/c10-7-3-6(4-8(11)5-7)1-2-13-9(12)14/h3-5H,1-2H2,(H3,12,13,14). The highest BCUT2D eigenvalue weighted by Crippen LogP contribution is 2.07. The number of nitrogens with two attached hydrogens (primary N) is 1. The molecule has 0 heterocycles. The molecule has 0 aliphatic rings.